The summed E-state index contributed by atoms with van der Waals surface area (Å²) in [5.41, 5.74) is 0. The second-order valence-electron chi connectivity index (χ2n) is 5.13. The first-order valence-electron chi connectivity index (χ1n) is 4.13. The average molecular weight is 241 g/mol. The third-order valence-electron chi connectivity index (χ3n) is 1.51. The number of hydrogen-bond donors (Lipinski definition) is 0. The van der Waals surface area contributed by atoms with Crippen molar-refractivity contribution in [2.75, 3.05) is 0 Å². The molecule has 0 aromatic rings. The van der Waals surface area contributed by atoms with E-state index in [9.17, 15) is 0 Å². The minimum absolute atomic E-state index is 0.961. The Kier molecular flexibility index (Phi) is 4.11. The van der Waals surface area contributed by atoms with Crippen LogP contribution in [0.5, 0.6) is 0 Å². The molecule has 0 fully saturated rings. The zero-order valence-electron chi connectivity index (χ0n) is 8.76. The largest absolute Gasteiger partial charge is 0.0935 e. The Labute approximate surface area is 88.0 Å². The molecule has 0 aliphatic rings. The van der Waals surface area contributed by atoms with Gasteiger partial charge in [-0.2, -0.15) is 0 Å². The highest BCUT2D eigenvalue weighted by Gasteiger charge is 2.28. The summed E-state index contributed by atoms with van der Waals surface area (Å²) in [7, 11) is -2.77. The van der Waals surface area contributed by atoms with E-state index in [1.54, 1.807) is 0 Å². The van der Waals surface area contributed by atoms with Crippen LogP contribution in [-0.4, -0.2) is 16.1 Å². The van der Waals surface area contributed by atoms with E-state index < -0.39 is 16.1 Å². The summed E-state index contributed by atoms with van der Waals surface area (Å²) >= 11 is 12.5. The van der Waals surface area contributed by atoms with Crippen LogP contribution in [0.3, 0.4) is 0 Å². The number of halogens is 2. The van der Waals surface area contributed by atoms with Crippen LogP contribution in [0.25, 0.3) is 0 Å². The molecule has 0 atom stereocenters. The van der Waals surface area contributed by atoms with Gasteiger partial charge in [-0.15, -0.1) is 0 Å². The first-order valence-corrected chi connectivity index (χ1v) is 11.9. The Bertz CT molecular complexity index is 174. The van der Waals surface area contributed by atoms with Gasteiger partial charge < -0.3 is 0 Å². The summed E-state index contributed by atoms with van der Waals surface area (Å²) in [4.78, 5) is 0. The van der Waals surface area contributed by atoms with Gasteiger partial charge >= 0.3 is 0 Å². The van der Waals surface area contributed by atoms with Crippen molar-refractivity contribution in [1.29, 1.82) is 0 Å². The third-order valence-corrected chi connectivity index (χ3v) is 9.09. The molecule has 72 valence electrons. The summed E-state index contributed by atoms with van der Waals surface area (Å²) in [6.45, 7) is 13.3. The molecule has 0 bridgehead atoms. The summed E-state index contributed by atoms with van der Waals surface area (Å²) in [5.74, 6) is 0. The molecule has 0 amide bonds. The lowest BCUT2D eigenvalue weighted by Crippen LogP contribution is -2.29. The molecule has 0 spiro atoms. The Morgan fingerprint density at radius 1 is 0.667 bits per heavy atom. The highest BCUT2D eigenvalue weighted by molar-refractivity contribution is 6.99. The molecule has 0 nitrogen and oxygen atoms in total. The second-order valence-corrected chi connectivity index (χ2v) is 16.5. The Morgan fingerprint density at radius 3 is 0.917 bits per heavy atom. The second kappa shape index (κ2) is 3.86. The molecule has 12 heavy (non-hydrogen) atoms. The molecule has 0 saturated carbocycles. The van der Waals surface area contributed by atoms with Crippen molar-refractivity contribution < 1.29 is 0 Å². The highest BCUT2D eigenvalue weighted by Crippen LogP contribution is 2.30. The number of hydrogen-bond acceptors (Lipinski definition) is 0. The fourth-order valence-corrected chi connectivity index (χ4v) is 5.93. The maximum Gasteiger partial charge on any atom is 0.0932 e. The highest BCUT2D eigenvalue weighted by atomic mass is 35.5. The Balaban J connectivity index is 4.96. The van der Waals surface area contributed by atoms with Crippen LogP contribution in [0, 0.1) is 0 Å². The molecular formula is C8H18Cl2Si2. The fraction of sp³-hybridized carbons (Fsp3) is 0.750. The van der Waals surface area contributed by atoms with Crippen LogP contribution < -0.4 is 0 Å². The zero-order chi connectivity index (χ0) is 10.2. The molecule has 0 aliphatic heterocycles. The van der Waals surface area contributed by atoms with Gasteiger partial charge in [0.05, 0.1) is 16.1 Å². The predicted molar refractivity (Wildman–Crippen MR) is 65.4 cm³/mol. The van der Waals surface area contributed by atoms with Gasteiger partial charge in [0.1, 0.15) is 0 Å². The maximum absolute atomic E-state index is 6.24. The molecule has 0 saturated heterocycles. The first kappa shape index (κ1) is 12.8. The molecule has 4 heteroatoms. The molecule has 0 heterocycles. The van der Waals surface area contributed by atoms with Crippen molar-refractivity contribution in [2.24, 2.45) is 0 Å². The molecule has 0 aliphatic carbocycles. The van der Waals surface area contributed by atoms with E-state index in [2.05, 4.69) is 39.3 Å². The van der Waals surface area contributed by atoms with E-state index >= 15 is 0 Å². The smallest absolute Gasteiger partial charge is 0.0932 e. The molecule has 0 aromatic heterocycles. The monoisotopic (exact) mass is 240 g/mol. The van der Waals surface area contributed by atoms with Gasteiger partial charge in [-0.3, -0.25) is 0 Å². The maximum atomic E-state index is 6.24. The van der Waals surface area contributed by atoms with Crippen molar-refractivity contribution in [3.8, 4) is 0 Å². The van der Waals surface area contributed by atoms with E-state index in [1.807, 2.05) is 0 Å². The van der Waals surface area contributed by atoms with Gasteiger partial charge in [0.15, 0.2) is 0 Å². The van der Waals surface area contributed by atoms with Crippen LogP contribution in [-0.2, 0) is 0 Å². The SMILES string of the molecule is C[Si](C)(C)C(Cl)=C(Cl)[Si](C)(C)C. The van der Waals surface area contributed by atoms with Gasteiger partial charge in [-0.25, -0.2) is 0 Å². The van der Waals surface area contributed by atoms with Crippen molar-refractivity contribution >= 4 is 39.3 Å². The topological polar surface area (TPSA) is 0 Å². The van der Waals surface area contributed by atoms with Crippen molar-refractivity contribution in [2.45, 2.75) is 39.3 Å². The molecule has 0 aromatic carbocycles. The minimum atomic E-state index is -1.39. The van der Waals surface area contributed by atoms with Crippen LogP contribution in [0.2, 0.25) is 39.3 Å². The van der Waals surface area contributed by atoms with E-state index in [0.717, 1.165) is 9.31 Å². The lowest BCUT2D eigenvalue weighted by Gasteiger charge is -2.23. The van der Waals surface area contributed by atoms with E-state index in [0.29, 0.717) is 0 Å². The lowest BCUT2D eigenvalue weighted by atomic mass is 11.2. The number of rotatable bonds is 2. The molecular weight excluding hydrogens is 223 g/mol. The zero-order valence-corrected chi connectivity index (χ0v) is 12.3. The molecule has 0 unspecified atom stereocenters. The van der Waals surface area contributed by atoms with Crippen molar-refractivity contribution in [3.63, 3.8) is 0 Å². The molecule has 0 N–H and O–H groups in total. The lowest BCUT2D eigenvalue weighted by molar-refractivity contribution is 1.68. The predicted octanol–water partition coefficient (Wildman–Crippen LogP) is 4.43. The van der Waals surface area contributed by atoms with Gasteiger partial charge in [-0.05, 0) is 0 Å². The summed E-state index contributed by atoms with van der Waals surface area (Å²) < 4.78 is 1.92. The van der Waals surface area contributed by atoms with Crippen LogP contribution in [0.1, 0.15) is 0 Å². The Morgan fingerprint density at radius 2 is 0.833 bits per heavy atom. The van der Waals surface area contributed by atoms with Crippen LogP contribution in [0.15, 0.2) is 9.31 Å². The minimum Gasteiger partial charge on any atom is -0.0935 e. The molecule has 0 rings (SSSR count). The van der Waals surface area contributed by atoms with Gasteiger partial charge in [-0.1, -0.05) is 62.5 Å². The quantitative estimate of drug-likeness (QED) is 0.627. The van der Waals surface area contributed by atoms with Gasteiger partial charge in [0, 0.05) is 9.31 Å². The van der Waals surface area contributed by atoms with E-state index in [4.69, 9.17) is 23.2 Å². The van der Waals surface area contributed by atoms with Gasteiger partial charge in [0.2, 0.25) is 0 Å². The van der Waals surface area contributed by atoms with Crippen LogP contribution >= 0.6 is 23.2 Å². The van der Waals surface area contributed by atoms with E-state index in [1.165, 1.54) is 0 Å². The molecule has 0 radical (unpaired) electrons. The summed E-state index contributed by atoms with van der Waals surface area (Å²) in [5, 5.41) is 0. The van der Waals surface area contributed by atoms with Crippen molar-refractivity contribution in [1.82, 2.24) is 0 Å². The average Bonchev–Trinajstić information content (AvgIpc) is 1.80. The van der Waals surface area contributed by atoms with Crippen molar-refractivity contribution in [3.05, 3.63) is 9.31 Å². The third kappa shape index (κ3) is 3.64. The van der Waals surface area contributed by atoms with E-state index in [-0.39, 0.29) is 0 Å². The normalized spacial score (nSPS) is 16.0. The standard InChI is InChI=1S/C8H18Cl2Si2/c1-11(2,3)7(9)8(10)12(4,5)6/h1-6H3. The fourth-order valence-electron chi connectivity index (χ4n) is 0.658. The van der Waals surface area contributed by atoms with Gasteiger partial charge in [0.25, 0.3) is 0 Å². The first-order chi connectivity index (χ1) is 5.07. The summed E-state index contributed by atoms with van der Waals surface area (Å²) in [6, 6.07) is 0. The Hall–Kier alpha value is 0.754. The summed E-state index contributed by atoms with van der Waals surface area (Å²) in [6.07, 6.45) is 0. The van der Waals surface area contributed by atoms with Crippen LogP contribution in [0.4, 0.5) is 0 Å².